The second-order valence-corrected chi connectivity index (χ2v) is 5.05. The van der Waals surface area contributed by atoms with E-state index in [9.17, 15) is 0 Å². The predicted octanol–water partition coefficient (Wildman–Crippen LogP) is 4.50. The number of aryl methyl sites for hydroxylation is 1. The Morgan fingerprint density at radius 1 is 0.905 bits per heavy atom. The van der Waals surface area contributed by atoms with Crippen molar-refractivity contribution < 1.29 is 14.2 Å². The van der Waals surface area contributed by atoms with E-state index in [2.05, 4.69) is 0 Å². The molecule has 3 nitrogen and oxygen atoms in total. The van der Waals surface area contributed by atoms with Crippen molar-refractivity contribution in [3.05, 3.63) is 53.1 Å². The van der Waals surface area contributed by atoms with Gasteiger partial charge in [-0.2, -0.15) is 0 Å². The molecule has 0 N–H and O–H groups in total. The Labute approximate surface area is 130 Å². The van der Waals surface area contributed by atoms with E-state index >= 15 is 0 Å². The molecular formula is C17H19ClO3. The number of hydrogen-bond acceptors (Lipinski definition) is 3. The monoisotopic (exact) mass is 306 g/mol. The zero-order valence-corrected chi connectivity index (χ0v) is 13.0. The minimum absolute atomic E-state index is 0.576. The zero-order chi connectivity index (χ0) is 15.1. The van der Waals surface area contributed by atoms with Gasteiger partial charge in [0.2, 0.25) is 0 Å². The standard InChI is InChI=1S/C17H19ClO3/c1-13-12-14(18)8-9-15(13)20-10-5-11-21-17-7-4-3-6-16(17)19-2/h3-4,6-9,12H,5,10-11H2,1-2H3. The maximum Gasteiger partial charge on any atom is 0.161 e. The molecule has 112 valence electrons. The highest BCUT2D eigenvalue weighted by Crippen LogP contribution is 2.26. The summed E-state index contributed by atoms with van der Waals surface area (Å²) in [5, 5.41) is 0.722. The molecule has 2 rings (SSSR count). The van der Waals surface area contributed by atoms with Crippen LogP contribution in [0.15, 0.2) is 42.5 Å². The van der Waals surface area contributed by atoms with E-state index in [1.54, 1.807) is 7.11 Å². The first kappa shape index (κ1) is 15.5. The molecule has 4 heteroatoms. The summed E-state index contributed by atoms with van der Waals surface area (Å²) < 4.78 is 16.6. The fourth-order valence-corrected chi connectivity index (χ4v) is 2.16. The first-order valence-corrected chi connectivity index (χ1v) is 7.23. The molecule has 0 spiro atoms. The fourth-order valence-electron chi connectivity index (χ4n) is 1.94. The van der Waals surface area contributed by atoms with Gasteiger partial charge in [0.1, 0.15) is 5.75 Å². The van der Waals surface area contributed by atoms with Gasteiger partial charge in [-0.15, -0.1) is 0 Å². The molecule has 0 aliphatic rings. The van der Waals surface area contributed by atoms with Crippen LogP contribution in [0.1, 0.15) is 12.0 Å². The number of para-hydroxylation sites is 2. The van der Waals surface area contributed by atoms with Gasteiger partial charge in [-0.3, -0.25) is 0 Å². The number of ether oxygens (including phenoxy) is 3. The Morgan fingerprint density at radius 3 is 2.24 bits per heavy atom. The Hall–Kier alpha value is -1.87. The van der Waals surface area contributed by atoms with Crippen LogP contribution in [0.4, 0.5) is 0 Å². The van der Waals surface area contributed by atoms with Gasteiger partial charge in [0.15, 0.2) is 11.5 Å². The average molecular weight is 307 g/mol. The molecule has 0 aliphatic heterocycles. The van der Waals surface area contributed by atoms with Crippen LogP contribution in [0.2, 0.25) is 5.02 Å². The minimum atomic E-state index is 0.576. The van der Waals surface area contributed by atoms with Gasteiger partial charge < -0.3 is 14.2 Å². The third kappa shape index (κ3) is 4.57. The largest absolute Gasteiger partial charge is 0.493 e. The molecule has 0 saturated heterocycles. The van der Waals surface area contributed by atoms with Gasteiger partial charge in [0.25, 0.3) is 0 Å². The van der Waals surface area contributed by atoms with Crippen molar-refractivity contribution in [3.63, 3.8) is 0 Å². The van der Waals surface area contributed by atoms with Crippen molar-refractivity contribution in [1.29, 1.82) is 0 Å². The molecule has 2 aromatic rings. The maximum absolute atomic E-state index is 5.91. The Morgan fingerprint density at radius 2 is 1.57 bits per heavy atom. The Bertz CT molecular complexity index is 584. The lowest BCUT2D eigenvalue weighted by atomic mass is 10.2. The summed E-state index contributed by atoms with van der Waals surface area (Å²) in [5.74, 6) is 2.35. The highest BCUT2D eigenvalue weighted by atomic mass is 35.5. The lowest BCUT2D eigenvalue weighted by molar-refractivity contribution is 0.240. The molecule has 0 saturated carbocycles. The SMILES string of the molecule is COc1ccccc1OCCCOc1ccc(Cl)cc1C. The van der Waals surface area contributed by atoms with E-state index in [-0.39, 0.29) is 0 Å². The summed E-state index contributed by atoms with van der Waals surface area (Å²) in [6.07, 6.45) is 0.792. The first-order valence-electron chi connectivity index (χ1n) is 6.85. The number of benzene rings is 2. The van der Waals surface area contributed by atoms with Gasteiger partial charge in [0, 0.05) is 11.4 Å². The van der Waals surface area contributed by atoms with Crippen molar-refractivity contribution in [2.24, 2.45) is 0 Å². The second kappa shape index (κ2) is 7.79. The predicted molar refractivity (Wildman–Crippen MR) is 84.8 cm³/mol. The van der Waals surface area contributed by atoms with Crippen LogP contribution in [0.3, 0.4) is 0 Å². The number of hydrogen-bond donors (Lipinski definition) is 0. The molecule has 0 amide bonds. The lowest BCUT2D eigenvalue weighted by Gasteiger charge is -2.11. The molecule has 2 aromatic carbocycles. The summed E-state index contributed by atoms with van der Waals surface area (Å²) in [6.45, 7) is 3.15. The van der Waals surface area contributed by atoms with E-state index in [1.807, 2.05) is 49.4 Å². The van der Waals surface area contributed by atoms with Gasteiger partial charge in [-0.05, 0) is 42.8 Å². The van der Waals surface area contributed by atoms with Crippen LogP contribution in [0, 0.1) is 6.92 Å². The molecule has 0 radical (unpaired) electrons. The van der Waals surface area contributed by atoms with Crippen molar-refractivity contribution >= 4 is 11.6 Å². The fraction of sp³-hybridized carbons (Fsp3) is 0.294. The van der Waals surface area contributed by atoms with Gasteiger partial charge >= 0.3 is 0 Å². The minimum Gasteiger partial charge on any atom is -0.493 e. The molecule has 0 heterocycles. The van der Waals surface area contributed by atoms with Crippen molar-refractivity contribution in [2.75, 3.05) is 20.3 Å². The van der Waals surface area contributed by atoms with E-state index in [1.165, 1.54) is 0 Å². The normalized spacial score (nSPS) is 10.2. The average Bonchev–Trinajstić information content (AvgIpc) is 2.49. The quantitative estimate of drug-likeness (QED) is 0.705. The highest BCUT2D eigenvalue weighted by Gasteiger charge is 2.03. The second-order valence-electron chi connectivity index (χ2n) is 4.61. The van der Waals surface area contributed by atoms with Crippen LogP contribution in [-0.4, -0.2) is 20.3 Å². The van der Waals surface area contributed by atoms with E-state index in [0.717, 1.165) is 34.3 Å². The van der Waals surface area contributed by atoms with E-state index < -0.39 is 0 Å². The first-order chi connectivity index (χ1) is 10.2. The van der Waals surface area contributed by atoms with Crippen LogP contribution in [0.5, 0.6) is 17.2 Å². The summed E-state index contributed by atoms with van der Waals surface area (Å²) in [6, 6.07) is 13.2. The summed E-state index contributed by atoms with van der Waals surface area (Å²) >= 11 is 5.91. The van der Waals surface area contributed by atoms with Gasteiger partial charge in [-0.1, -0.05) is 23.7 Å². The summed E-state index contributed by atoms with van der Waals surface area (Å²) in [4.78, 5) is 0. The number of halogens is 1. The molecule has 0 fully saturated rings. The van der Waals surface area contributed by atoms with Crippen molar-refractivity contribution in [2.45, 2.75) is 13.3 Å². The van der Waals surface area contributed by atoms with Crippen LogP contribution >= 0.6 is 11.6 Å². The molecule has 0 unspecified atom stereocenters. The summed E-state index contributed by atoms with van der Waals surface area (Å²) in [7, 11) is 1.63. The number of rotatable bonds is 7. The van der Waals surface area contributed by atoms with Crippen molar-refractivity contribution in [3.8, 4) is 17.2 Å². The topological polar surface area (TPSA) is 27.7 Å². The highest BCUT2D eigenvalue weighted by molar-refractivity contribution is 6.30. The maximum atomic E-state index is 5.91. The molecule has 0 aromatic heterocycles. The zero-order valence-electron chi connectivity index (χ0n) is 12.3. The third-order valence-electron chi connectivity index (χ3n) is 3.01. The lowest BCUT2D eigenvalue weighted by Crippen LogP contribution is -2.06. The van der Waals surface area contributed by atoms with Crippen LogP contribution in [0.25, 0.3) is 0 Å². The van der Waals surface area contributed by atoms with Crippen LogP contribution in [-0.2, 0) is 0 Å². The smallest absolute Gasteiger partial charge is 0.161 e. The molecule has 21 heavy (non-hydrogen) atoms. The van der Waals surface area contributed by atoms with Crippen LogP contribution < -0.4 is 14.2 Å². The Balaban J connectivity index is 1.75. The van der Waals surface area contributed by atoms with E-state index in [4.69, 9.17) is 25.8 Å². The molecule has 0 atom stereocenters. The number of methoxy groups -OCH3 is 1. The van der Waals surface area contributed by atoms with Crippen molar-refractivity contribution in [1.82, 2.24) is 0 Å². The van der Waals surface area contributed by atoms with Gasteiger partial charge in [-0.25, -0.2) is 0 Å². The third-order valence-corrected chi connectivity index (χ3v) is 3.24. The van der Waals surface area contributed by atoms with Gasteiger partial charge in [0.05, 0.1) is 20.3 Å². The Kier molecular flexibility index (Phi) is 5.76. The molecular weight excluding hydrogens is 288 g/mol. The van der Waals surface area contributed by atoms with E-state index in [0.29, 0.717) is 13.2 Å². The molecule has 0 bridgehead atoms. The summed E-state index contributed by atoms with van der Waals surface area (Å²) in [5.41, 5.74) is 1.04. The molecule has 0 aliphatic carbocycles.